The second kappa shape index (κ2) is 8.79. The van der Waals surface area contributed by atoms with Crippen molar-refractivity contribution in [3.8, 4) is 0 Å². The lowest BCUT2D eigenvalue weighted by Gasteiger charge is -2.12. The molecule has 2 aromatic rings. The largest absolute Gasteiger partial charge is 0.452 e. The number of thioether (sulfide) groups is 1. The van der Waals surface area contributed by atoms with E-state index in [-0.39, 0.29) is 16.8 Å². The van der Waals surface area contributed by atoms with E-state index in [1.807, 2.05) is 25.1 Å². The molecule has 0 aromatic heterocycles. The van der Waals surface area contributed by atoms with Gasteiger partial charge in [-0.2, -0.15) is 0 Å². The van der Waals surface area contributed by atoms with Crippen LogP contribution < -0.4 is 5.32 Å². The van der Waals surface area contributed by atoms with E-state index in [2.05, 4.69) is 5.32 Å². The van der Waals surface area contributed by atoms with Crippen molar-refractivity contribution in [2.45, 2.75) is 23.5 Å². The van der Waals surface area contributed by atoms with E-state index in [1.165, 1.54) is 11.8 Å². The highest BCUT2D eigenvalue weighted by molar-refractivity contribution is 8.02. The molecular weight excluding hydrogens is 398 g/mol. The van der Waals surface area contributed by atoms with Crippen molar-refractivity contribution >= 4 is 39.2 Å². The van der Waals surface area contributed by atoms with Crippen molar-refractivity contribution in [2.75, 3.05) is 23.4 Å². The number of benzene rings is 2. The van der Waals surface area contributed by atoms with E-state index >= 15 is 0 Å². The minimum Gasteiger partial charge on any atom is -0.452 e. The maximum Gasteiger partial charge on any atom is 0.339 e. The van der Waals surface area contributed by atoms with Crippen LogP contribution in [0.4, 0.5) is 5.69 Å². The summed E-state index contributed by atoms with van der Waals surface area (Å²) in [7, 11) is -2.99. The van der Waals surface area contributed by atoms with Crippen molar-refractivity contribution in [1.82, 2.24) is 0 Å². The third-order valence-electron chi connectivity index (χ3n) is 4.23. The molecule has 0 bridgehead atoms. The van der Waals surface area contributed by atoms with Crippen molar-refractivity contribution < 1.29 is 22.7 Å². The zero-order valence-corrected chi connectivity index (χ0v) is 17.0. The summed E-state index contributed by atoms with van der Waals surface area (Å²) < 4.78 is 28.5. The molecule has 28 heavy (non-hydrogen) atoms. The zero-order valence-electron chi connectivity index (χ0n) is 15.4. The summed E-state index contributed by atoms with van der Waals surface area (Å²) in [6, 6.07) is 14.2. The molecule has 1 amide bonds. The molecule has 1 fully saturated rings. The molecule has 2 aromatic carbocycles. The number of aryl methyl sites for hydroxylation is 1. The maximum absolute atomic E-state index is 12.4. The van der Waals surface area contributed by atoms with Gasteiger partial charge in [0.15, 0.2) is 16.4 Å². The monoisotopic (exact) mass is 419 g/mol. The van der Waals surface area contributed by atoms with Crippen molar-refractivity contribution in [3.63, 3.8) is 0 Å². The fraction of sp³-hybridized carbons (Fsp3) is 0.300. The molecule has 1 aliphatic rings. The minimum absolute atomic E-state index is 0.0800. The fourth-order valence-electron chi connectivity index (χ4n) is 2.90. The van der Waals surface area contributed by atoms with Crippen LogP contribution in [0.2, 0.25) is 0 Å². The predicted octanol–water partition coefficient (Wildman–Crippen LogP) is 3.07. The van der Waals surface area contributed by atoms with Gasteiger partial charge in [-0.05, 0) is 43.2 Å². The van der Waals surface area contributed by atoms with Crippen molar-refractivity contribution in [1.29, 1.82) is 0 Å². The number of anilines is 1. The number of amides is 1. The average Bonchev–Trinajstić information content (AvgIpc) is 2.98. The Morgan fingerprint density at radius 3 is 2.68 bits per heavy atom. The summed E-state index contributed by atoms with van der Waals surface area (Å²) in [5.41, 5.74) is 1.98. The lowest BCUT2D eigenvalue weighted by atomic mass is 10.2. The van der Waals surface area contributed by atoms with Gasteiger partial charge in [0.2, 0.25) is 0 Å². The molecule has 0 spiro atoms. The number of sulfone groups is 1. The van der Waals surface area contributed by atoms with Crippen LogP contribution in [0, 0.1) is 6.92 Å². The summed E-state index contributed by atoms with van der Waals surface area (Å²) in [4.78, 5) is 25.1. The summed E-state index contributed by atoms with van der Waals surface area (Å²) >= 11 is 1.37. The standard InChI is InChI=1S/C20H21NO5S2/c1-14-5-4-6-15(11-14)21-19(22)12-26-20(23)17-7-2-3-8-18(17)27-16-9-10-28(24,25)13-16/h2-8,11,16H,9-10,12-13H2,1H3,(H,21,22)/t16-/m0/s1. The van der Waals surface area contributed by atoms with E-state index in [9.17, 15) is 18.0 Å². The second-order valence-electron chi connectivity index (χ2n) is 6.63. The molecule has 8 heteroatoms. The van der Waals surface area contributed by atoms with E-state index in [4.69, 9.17) is 4.74 Å². The summed E-state index contributed by atoms with van der Waals surface area (Å²) in [6.07, 6.45) is 0.565. The van der Waals surface area contributed by atoms with Gasteiger partial charge in [0.1, 0.15) is 0 Å². The van der Waals surface area contributed by atoms with E-state index in [0.717, 1.165) is 5.56 Å². The fourth-order valence-corrected chi connectivity index (χ4v) is 6.52. The molecule has 0 aliphatic carbocycles. The highest BCUT2D eigenvalue weighted by Gasteiger charge is 2.29. The molecule has 1 saturated heterocycles. The highest BCUT2D eigenvalue weighted by atomic mass is 32.2. The normalized spacial score (nSPS) is 17.8. The number of nitrogens with one attached hydrogen (secondary N) is 1. The Morgan fingerprint density at radius 1 is 1.18 bits per heavy atom. The Balaban J connectivity index is 1.59. The lowest BCUT2D eigenvalue weighted by Crippen LogP contribution is -2.21. The molecule has 0 saturated carbocycles. The number of rotatable bonds is 6. The molecule has 1 aliphatic heterocycles. The van der Waals surface area contributed by atoms with Crippen LogP contribution >= 0.6 is 11.8 Å². The Hall–Kier alpha value is -2.32. The molecule has 0 radical (unpaired) electrons. The van der Waals surface area contributed by atoms with Gasteiger partial charge in [-0.15, -0.1) is 11.8 Å². The van der Waals surface area contributed by atoms with Crippen LogP contribution in [-0.2, 0) is 19.4 Å². The SMILES string of the molecule is Cc1cccc(NC(=O)COC(=O)c2ccccc2S[C@H]2CCS(=O)(=O)C2)c1. The third-order valence-corrected chi connectivity index (χ3v) is 7.55. The van der Waals surface area contributed by atoms with Crippen LogP contribution in [-0.4, -0.2) is 43.7 Å². The quantitative estimate of drug-likeness (QED) is 0.724. The summed E-state index contributed by atoms with van der Waals surface area (Å²) in [5, 5.41) is 2.60. The Bertz CT molecular complexity index is 988. The average molecular weight is 420 g/mol. The Labute approximate surface area is 168 Å². The van der Waals surface area contributed by atoms with Crippen LogP contribution in [0.1, 0.15) is 22.3 Å². The van der Waals surface area contributed by atoms with Gasteiger partial charge >= 0.3 is 5.97 Å². The smallest absolute Gasteiger partial charge is 0.339 e. The predicted molar refractivity (Wildman–Crippen MR) is 109 cm³/mol. The maximum atomic E-state index is 12.4. The van der Waals surface area contributed by atoms with E-state index < -0.39 is 28.3 Å². The molecule has 0 unspecified atom stereocenters. The molecule has 1 N–H and O–H groups in total. The van der Waals surface area contributed by atoms with Crippen LogP contribution in [0.15, 0.2) is 53.4 Å². The van der Waals surface area contributed by atoms with Crippen molar-refractivity contribution in [2.24, 2.45) is 0 Å². The Morgan fingerprint density at radius 2 is 1.96 bits per heavy atom. The van der Waals surface area contributed by atoms with Gasteiger partial charge < -0.3 is 10.1 Å². The first kappa shape index (κ1) is 20.4. The van der Waals surface area contributed by atoms with Gasteiger partial charge in [0.05, 0.1) is 17.1 Å². The molecule has 3 rings (SSSR count). The number of hydrogen-bond donors (Lipinski definition) is 1. The number of esters is 1. The van der Waals surface area contributed by atoms with Gasteiger partial charge in [-0.1, -0.05) is 24.3 Å². The van der Waals surface area contributed by atoms with Gasteiger partial charge in [0.25, 0.3) is 5.91 Å². The number of hydrogen-bond acceptors (Lipinski definition) is 6. The zero-order chi connectivity index (χ0) is 20.1. The lowest BCUT2D eigenvalue weighted by molar-refractivity contribution is -0.119. The topological polar surface area (TPSA) is 89.5 Å². The molecule has 6 nitrogen and oxygen atoms in total. The van der Waals surface area contributed by atoms with Gasteiger partial charge in [-0.25, -0.2) is 13.2 Å². The molecule has 1 atom stereocenters. The van der Waals surface area contributed by atoms with Crippen LogP contribution in [0.3, 0.4) is 0 Å². The second-order valence-corrected chi connectivity index (χ2v) is 10.2. The van der Waals surface area contributed by atoms with Crippen LogP contribution in [0.25, 0.3) is 0 Å². The first-order chi connectivity index (χ1) is 13.3. The number of ether oxygens (including phenoxy) is 1. The number of carbonyl (C=O) groups is 2. The first-order valence-electron chi connectivity index (χ1n) is 8.82. The van der Waals surface area contributed by atoms with Crippen molar-refractivity contribution in [3.05, 3.63) is 59.7 Å². The van der Waals surface area contributed by atoms with E-state index in [1.54, 1.807) is 30.3 Å². The first-order valence-corrected chi connectivity index (χ1v) is 11.5. The minimum atomic E-state index is -2.99. The Kier molecular flexibility index (Phi) is 6.41. The summed E-state index contributed by atoms with van der Waals surface area (Å²) in [5.74, 6) is -0.745. The third kappa shape index (κ3) is 5.59. The van der Waals surface area contributed by atoms with Gasteiger partial charge in [0, 0.05) is 15.8 Å². The molecular formula is C20H21NO5S2. The summed E-state index contributed by atoms with van der Waals surface area (Å²) in [6.45, 7) is 1.52. The molecule has 1 heterocycles. The van der Waals surface area contributed by atoms with Gasteiger partial charge in [-0.3, -0.25) is 4.79 Å². The highest BCUT2D eigenvalue weighted by Crippen LogP contribution is 2.33. The van der Waals surface area contributed by atoms with Crippen LogP contribution in [0.5, 0.6) is 0 Å². The molecule has 148 valence electrons. The van der Waals surface area contributed by atoms with E-state index in [0.29, 0.717) is 22.6 Å². The number of carbonyl (C=O) groups excluding carboxylic acids is 2.